The Balaban J connectivity index is 1.25. The molecule has 3 aromatic heterocycles. The summed E-state index contributed by atoms with van der Waals surface area (Å²) in [5.74, 6) is 1.29. The van der Waals surface area contributed by atoms with Crippen LogP contribution < -0.4 is 10.6 Å². The fourth-order valence-corrected chi connectivity index (χ4v) is 5.93. The van der Waals surface area contributed by atoms with Gasteiger partial charge in [0.25, 0.3) is 0 Å². The van der Waals surface area contributed by atoms with Gasteiger partial charge < -0.3 is 25.2 Å². The molecule has 0 radical (unpaired) electrons. The van der Waals surface area contributed by atoms with Crippen LogP contribution in [0.15, 0.2) is 24.5 Å². The molecule has 3 N–H and O–H groups in total. The first-order chi connectivity index (χ1) is 17.6. The number of aliphatic hydroxyl groups is 1. The second-order valence-electron chi connectivity index (χ2n) is 10.1. The summed E-state index contributed by atoms with van der Waals surface area (Å²) < 4.78 is 2.49. The van der Waals surface area contributed by atoms with Crippen molar-refractivity contribution in [1.82, 2.24) is 29.7 Å². The van der Waals surface area contributed by atoms with E-state index in [4.69, 9.17) is 20.1 Å². The quantitative estimate of drug-likeness (QED) is 0.506. The van der Waals surface area contributed by atoms with Crippen molar-refractivity contribution in [2.45, 2.75) is 70.6 Å². The minimum Gasteiger partial charge on any atom is -0.387 e. The Kier molecular flexibility index (Phi) is 6.08. The summed E-state index contributed by atoms with van der Waals surface area (Å²) in [6.45, 7) is 3.32. The monoisotopic (exact) mass is 487 g/mol. The van der Waals surface area contributed by atoms with Gasteiger partial charge in [-0.05, 0) is 43.7 Å². The van der Waals surface area contributed by atoms with E-state index in [0.29, 0.717) is 32.1 Å². The first-order valence-electron chi connectivity index (χ1n) is 13.1. The SMILES string of the molecule is CC1NC=Cc2c1n(C1CCCCC1)c1nc(CNc3ccc4c(n3)CCN(C(=O)CO)C4)ncc21. The molecule has 1 fully saturated rings. The van der Waals surface area contributed by atoms with Crippen LogP contribution in [0, 0.1) is 0 Å². The van der Waals surface area contributed by atoms with Crippen LogP contribution in [0.4, 0.5) is 5.82 Å². The van der Waals surface area contributed by atoms with Gasteiger partial charge in [-0.1, -0.05) is 25.3 Å². The lowest BCUT2D eigenvalue weighted by Gasteiger charge is -2.29. The molecule has 36 heavy (non-hydrogen) atoms. The number of nitrogens with one attached hydrogen (secondary N) is 2. The van der Waals surface area contributed by atoms with E-state index in [9.17, 15) is 4.79 Å². The molecule has 1 unspecified atom stereocenters. The summed E-state index contributed by atoms with van der Waals surface area (Å²) in [4.78, 5) is 28.0. The summed E-state index contributed by atoms with van der Waals surface area (Å²) in [6, 6.07) is 4.67. The molecule has 2 aliphatic heterocycles. The average molecular weight is 488 g/mol. The van der Waals surface area contributed by atoms with E-state index in [1.54, 1.807) is 4.90 Å². The Morgan fingerprint density at radius 3 is 2.92 bits per heavy atom. The highest BCUT2D eigenvalue weighted by Gasteiger charge is 2.28. The van der Waals surface area contributed by atoms with Gasteiger partial charge in [0.15, 0.2) is 0 Å². The first-order valence-corrected chi connectivity index (χ1v) is 13.1. The number of carbonyl (C=O) groups is 1. The number of amides is 1. The molecule has 1 saturated carbocycles. The maximum atomic E-state index is 11.8. The second-order valence-corrected chi connectivity index (χ2v) is 10.1. The number of fused-ring (bicyclic) bond motifs is 4. The Morgan fingerprint density at radius 1 is 1.22 bits per heavy atom. The van der Waals surface area contributed by atoms with Gasteiger partial charge in [0, 0.05) is 54.1 Å². The third kappa shape index (κ3) is 4.11. The standard InChI is InChI=1S/C27H33N7O2/c1-17-26-20(9-11-28-17)21-13-29-24(32-27(21)34(26)19-5-3-2-4-6-19)14-30-23-8-7-18-15-33(25(36)16-35)12-10-22(18)31-23/h7-9,11,13,17,19,28,35H,2-6,10,12,14-16H2,1H3,(H,30,31). The number of anilines is 1. The first kappa shape index (κ1) is 23.0. The molecule has 0 spiro atoms. The van der Waals surface area contributed by atoms with Crippen molar-refractivity contribution in [2.75, 3.05) is 18.5 Å². The van der Waals surface area contributed by atoms with Crippen molar-refractivity contribution in [3.05, 3.63) is 52.9 Å². The summed E-state index contributed by atoms with van der Waals surface area (Å²) in [5.41, 5.74) is 5.62. The molecule has 3 aromatic rings. The van der Waals surface area contributed by atoms with Crippen LogP contribution in [-0.2, 0) is 24.3 Å². The average Bonchev–Trinajstić information content (AvgIpc) is 3.26. The number of aromatic nitrogens is 4. The highest BCUT2D eigenvalue weighted by atomic mass is 16.3. The van der Waals surface area contributed by atoms with Crippen LogP contribution in [0.5, 0.6) is 0 Å². The minimum absolute atomic E-state index is 0.240. The maximum Gasteiger partial charge on any atom is 0.248 e. The fourth-order valence-electron chi connectivity index (χ4n) is 5.93. The third-order valence-electron chi connectivity index (χ3n) is 7.78. The number of pyridine rings is 1. The normalized spacial score (nSPS) is 19.6. The van der Waals surface area contributed by atoms with Crippen molar-refractivity contribution in [3.8, 4) is 0 Å². The number of aliphatic hydroxyl groups excluding tert-OH is 1. The van der Waals surface area contributed by atoms with E-state index >= 15 is 0 Å². The van der Waals surface area contributed by atoms with Crippen molar-refractivity contribution >= 4 is 28.8 Å². The lowest BCUT2D eigenvalue weighted by molar-refractivity contribution is -0.135. The molecular weight excluding hydrogens is 454 g/mol. The zero-order chi connectivity index (χ0) is 24.6. The molecule has 0 saturated heterocycles. The van der Waals surface area contributed by atoms with Gasteiger partial charge in [0.1, 0.15) is 23.9 Å². The molecule has 1 aliphatic carbocycles. The van der Waals surface area contributed by atoms with Gasteiger partial charge in [-0.15, -0.1) is 0 Å². The zero-order valence-corrected chi connectivity index (χ0v) is 20.7. The molecule has 1 amide bonds. The summed E-state index contributed by atoms with van der Waals surface area (Å²) in [5, 5.41) is 17.1. The number of nitrogens with zero attached hydrogens (tertiary/aromatic N) is 5. The molecule has 5 heterocycles. The highest BCUT2D eigenvalue weighted by Crippen LogP contribution is 2.39. The van der Waals surface area contributed by atoms with E-state index in [-0.39, 0.29) is 11.9 Å². The predicted molar refractivity (Wildman–Crippen MR) is 138 cm³/mol. The van der Waals surface area contributed by atoms with E-state index in [0.717, 1.165) is 33.9 Å². The Labute approximate surface area is 210 Å². The molecule has 0 bridgehead atoms. The maximum absolute atomic E-state index is 11.8. The molecule has 9 nitrogen and oxygen atoms in total. The molecule has 1 atom stereocenters. The summed E-state index contributed by atoms with van der Waals surface area (Å²) in [7, 11) is 0. The lowest BCUT2D eigenvalue weighted by atomic mass is 9.94. The van der Waals surface area contributed by atoms with Crippen LogP contribution in [0.2, 0.25) is 0 Å². The molecule has 188 valence electrons. The summed E-state index contributed by atoms with van der Waals surface area (Å²) in [6.07, 6.45) is 13.1. The fraction of sp³-hybridized carbons (Fsp3) is 0.481. The van der Waals surface area contributed by atoms with Gasteiger partial charge in [0.2, 0.25) is 5.91 Å². The number of carbonyl (C=O) groups excluding carboxylic acids is 1. The second kappa shape index (κ2) is 9.54. The van der Waals surface area contributed by atoms with Crippen LogP contribution in [0.3, 0.4) is 0 Å². The minimum atomic E-state index is -0.453. The Hall–Kier alpha value is -3.46. The third-order valence-corrected chi connectivity index (χ3v) is 7.78. The Bertz CT molecular complexity index is 1330. The van der Waals surface area contributed by atoms with Crippen LogP contribution in [0.1, 0.15) is 79.5 Å². The van der Waals surface area contributed by atoms with Crippen molar-refractivity contribution in [2.24, 2.45) is 0 Å². The Morgan fingerprint density at radius 2 is 2.08 bits per heavy atom. The van der Waals surface area contributed by atoms with E-state index in [2.05, 4.69) is 28.2 Å². The van der Waals surface area contributed by atoms with Gasteiger partial charge >= 0.3 is 0 Å². The zero-order valence-electron chi connectivity index (χ0n) is 20.7. The van der Waals surface area contributed by atoms with E-state index in [1.807, 2.05) is 24.5 Å². The van der Waals surface area contributed by atoms with Gasteiger partial charge in [0.05, 0.1) is 12.6 Å². The molecule has 6 rings (SSSR count). The highest BCUT2D eigenvalue weighted by molar-refractivity contribution is 5.89. The number of hydrogen-bond donors (Lipinski definition) is 3. The van der Waals surface area contributed by atoms with E-state index < -0.39 is 6.61 Å². The molecule has 0 aromatic carbocycles. The molecular formula is C27H33N7O2. The van der Waals surface area contributed by atoms with Crippen molar-refractivity contribution < 1.29 is 9.90 Å². The topological polar surface area (TPSA) is 108 Å². The van der Waals surface area contributed by atoms with Gasteiger partial charge in [-0.3, -0.25) is 4.79 Å². The lowest BCUT2D eigenvalue weighted by Crippen LogP contribution is -2.38. The molecule has 9 heteroatoms. The molecule has 3 aliphatic rings. The number of rotatable bonds is 5. The number of hydrogen-bond acceptors (Lipinski definition) is 7. The van der Waals surface area contributed by atoms with E-state index in [1.165, 1.54) is 43.4 Å². The van der Waals surface area contributed by atoms with Crippen molar-refractivity contribution in [3.63, 3.8) is 0 Å². The van der Waals surface area contributed by atoms with Crippen LogP contribution in [0.25, 0.3) is 17.1 Å². The summed E-state index contributed by atoms with van der Waals surface area (Å²) >= 11 is 0. The van der Waals surface area contributed by atoms with Crippen LogP contribution in [-0.4, -0.2) is 48.6 Å². The van der Waals surface area contributed by atoms with Crippen LogP contribution >= 0.6 is 0 Å². The van der Waals surface area contributed by atoms with Gasteiger partial charge in [-0.25, -0.2) is 15.0 Å². The van der Waals surface area contributed by atoms with Gasteiger partial charge in [-0.2, -0.15) is 0 Å². The predicted octanol–water partition coefficient (Wildman–Crippen LogP) is 3.46. The largest absolute Gasteiger partial charge is 0.387 e. The van der Waals surface area contributed by atoms with Crippen molar-refractivity contribution in [1.29, 1.82) is 0 Å². The smallest absolute Gasteiger partial charge is 0.248 e.